The summed E-state index contributed by atoms with van der Waals surface area (Å²) in [5.41, 5.74) is 0.301. The number of hydrogen-bond acceptors (Lipinski definition) is 5. The fourth-order valence-electron chi connectivity index (χ4n) is 3.12. The van der Waals surface area contributed by atoms with Crippen LogP contribution in [0.1, 0.15) is 53.6 Å². The van der Waals surface area contributed by atoms with E-state index in [4.69, 9.17) is 11.6 Å². The standard InChI is InChI=1S/C14H16ClNO5S/c1-9-7-11(12(16(18)19)8-10(9)13(15)17)14(22(20)21)5-3-2-4-6-14/h7-8,22H,2-6H2,1H3. The van der Waals surface area contributed by atoms with E-state index in [1.165, 1.54) is 6.07 Å². The van der Waals surface area contributed by atoms with Crippen LogP contribution in [0.4, 0.5) is 5.69 Å². The van der Waals surface area contributed by atoms with E-state index in [0.717, 1.165) is 12.5 Å². The highest BCUT2D eigenvalue weighted by Crippen LogP contribution is 2.44. The molecule has 1 aliphatic rings. The average Bonchev–Trinajstić information content (AvgIpc) is 2.46. The highest BCUT2D eigenvalue weighted by Gasteiger charge is 2.42. The van der Waals surface area contributed by atoms with E-state index < -0.39 is 25.6 Å². The van der Waals surface area contributed by atoms with Crippen molar-refractivity contribution in [2.24, 2.45) is 0 Å². The van der Waals surface area contributed by atoms with E-state index in [9.17, 15) is 23.3 Å². The van der Waals surface area contributed by atoms with E-state index in [2.05, 4.69) is 0 Å². The largest absolute Gasteiger partial charge is 0.276 e. The minimum atomic E-state index is -2.88. The molecule has 1 fully saturated rings. The van der Waals surface area contributed by atoms with Crippen LogP contribution in [-0.4, -0.2) is 18.6 Å². The highest BCUT2D eigenvalue weighted by atomic mass is 35.5. The van der Waals surface area contributed by atoms with Crippen molar-refractivity contribution >= 4 is 33.2 Å². The van der Waals surface area contributed by atoms with Crippen LogP contribution < -0.4 is 0 Å². The molecule has 0 spiro atoms. The van der Waals surface area contributed by atoms with Gasteiger partial charge in [-0.3, -0.25) is 14.9 Å². The van der Waals surface area contributed by atoms with Crippen molar-refractivity contribution in [1.82, 2.24) is 0 Å². The molecule has 0 saturated heterocycles. The number of halogens is 1. The molecule has 0 aliphatic heterocycles. The number of nitrogens with zero attached hydrogens (tertiary/aromatic N) is 1. The lowest BCUT2D eigenvalue weighted by Gasteiger charge is -2.32. The van der Waals surface area contributed by atoms with E-state index in [0.29, 0.717) is 31.2 Å². The number of carbonyl (C=O) groups excluding carboxylic acids is 1. The first-order valence-corrected chi connectivity index (χ1v) is 8.49. The molecule has 0 atom stereocenters. The van der Waals surface area contributed by atoms with E-state index in [1.54, 1.807) is 6.92 Å². The van der Waals surface area contributed by atoms with Gasteiger partial charge in [0.2, 0.25) is 0 Å². The molecule has 1 aromatic carbocycles. The van der Waals surface area contributed by atoms with Crippen molar-refractivity contribution in [2.45, 2.75) is 43.8 Å². The molecule has 0 aromatic heterocycles. The number of benzene rings is 1. The molecule has 2 rings (SSSR count). The summed E-state index contributed by atoms with van der Waals surface area (Å²) in [7, 11) is -2.88. The summed E-state index contributed by atoms with van der Waals surface area (Å²) < 4.78 is 22.6. The third-order valence-corrected chi connectivity index (χ3v) is 5.87. The van der Waals surface area contributed by atoms with Gasteiger partial charge in [0, 0.05) is 11.6 Å². The maximum atomic E-state index is 11.9. The van der Waals surface area contributed by atoms with Crippen LogP contribution in [0.2, 0.25) is 0 Å². The second-order valence-corrected chi connectivity index (χ2v) is 7.28. The van der Waals surface area contributed by atoms with Gasteiger partial charge in [0.1, 0.15) is 15.5 Å². The summed E-state index contributed by atoms with van der Waals surface area (Å²) in [6.45, 7) is 1.59. The molecule has 0 amide bonds. The van der Waals surface area contributed by atoms with Crippen molar-refractivity contribution in [3.8, 4) is 0 Å². The van der Waals surface area contributed by atoms with E-state index in [1.807, 2.05) is 0 Å². The molecule has 1 saturated carbocycles. The highest BCUT2D eigenvalue weighted by molar-refractivity contribution is 7.73. The minimum absolute atomic E-state index is 0.0317. The predicted octanol–water partition coefficient (Wildman–Crippen LogP) is 3.05. The Kier molecular flexibility index (Phi) is 4.87. The lowest BCUT2D eigenvalue weighted by Crippen LogP contribution is -2.31. The van der Waals surface area contributed by atoms with Crippen LogP contribution in [0.3, 0.4) is 0 Å². The van der Waals surface area contributed by atoms with Gasteiger partial charge in [0.15, 0.2) is 0 Å². The number of carbonyl (C=O) groups is 1. The fourth-order valence-corrected chi connectivity index (χ4v) is 4.38. The van der Waals surface area contributed by atoms with E-state index in [-0.39, 0.29) is 16.8 Å². The number of rotatable bonds is 4. The SMILES string of the molecule is Cc1cc(C2([SH](=O)=O)CCCCC2)c([N+](=O)[O-])cc1C(=O)Cl. The first-order valence-electron chi connectivity index (χ1n) is 6.93. The molecule has 0 unspecified atom stereocenters. The summed E-state index contributed by atoms with van der Waals surface area (Å²) in [5, 5.41) is 10.6. The number of thiol groups is 1. The summed E-state index contributed by atoms with van der Waals surface area (Å²) in [6.07, 6.45) is 3.04. The quantitative estimate of drug-likeness (QED) is 0.391. The van der Waals surface area contributed by atoms with Crippen molar-refractivity contribution in [2.75, 3.05) is 0 Å². The smallest absolute Gasteiger partial charge is 0.274 e. The van der Waals surface area contributed by atoms with Crippen LogP contribution in [0.5, 0.6) is 0 Å². The zero-order valence-corrected chi connectivity index (χ0v) is 13.7. The molecule has 0 bridgehead atoms. The molecule has 22 heavy (non-hydrogen) atoms. The van der Waals surface area contributed by atoms with Gasteiger partial charge >= 0.3 is 0 Å². The lowest BCUT2D eigenvalue weighted by atomic mass is 9.81. The Hall–Kier alpha value is -1.47. The zero-order chi connectivity index (χ0) is 16.5. The summed E-state index contributed by atoms with van der Waals surface area (Å²) in [6, 6.07) is 2.53. The first kappa shape index (κ1) is 16.9. The molecule has 120 valence electrons. The van der Waals surface area contributed by atoms with Crippen LogP contribution >= 0.6 is 11.6 Å². The third-order valence-electron chi connectivity index (χ3n) is 4.28. The lowest BCUT2D eigenvalue weighted by molar-refractivity contribution is -0.385. The fraction of sp³-hybridized carbons (Fsp3) is 0.500. The maximum Gasteiger partial charge on any atom is 0.274 e. The van der Waals surface area contributed by atoms with Gasteiger partial charge in [0.05, 0.1) is 10.5 Å². The number of nitro benzene ring substituents is 1. The Bertz CT molecular complexity index is 699. The second-order valence-electron chi connectivity index (χ2n) is 5.56. The topological polar surface area (TPSA) is 94.3 Å². The van der Waals surface area contributed by atoms with Crippen LogP contribution in [0.25, 0.3) is 0 Å². The van der Waals surface area contributed by atoms with Gasteiger partial charge in [0.25, 0.3) is 10.9 Å². The molecule has 0 N–H and O–H groups in total. The summed E-state index contributed by atoms with van der Waals surface area (Å²) in [4.78, 5) is 22.1. The van der Waals surface area contributed by atoms with Crippen molar-refractivity contribution in [1.29, 1.82) is 0 Å². The third kappa shape index (κ3) is 2.87. The molecule has 1 aromatic rings. The second kappa shape index (κ2) is 6.34. The molecule has 8 heteroatoms. The monoisotopic (exact) mass is 345 g/mol. The Morgan fingerprint density at radius 2 is 1.86 bits per heavy atom. The van der Waals surface area contributed by atoms with Gasteiger partial charge in [-0.25, -0.2) is 8.42 Å². The van der Waals surface area contributed by atoms with Crippen LogP contribution in [-0.2, 0) is 15.5 Å². The normalized spacial score (nSPS) is 17.4. The molecule has 6 nitrogen and oxygen atoms in total. The minimum Gasteiger partial charge on any atom is -0.276 e. The molecule has 0 radical (unpaired) electrons. The van der Waals surface area contributed by atoms with Crippen molar-refractivity contribution < 1.29 is 18.1 Å². The Balaban J connectivity index is 2.74. The average molecular weight is 346 g/mol. The van der Waals surface area contributed by atoms with E-state index >= 15 is 0 Å². The zero-order valence-electron chi connectivity index (χ0n) is 12.0. The Labute approximate surface area is 134 Å². The Morgan fingerprint density at radius 3 is 2.32 bits per heavy atom. The molecular formula is C14H16ClNO5S. The van der Waals surface area contributed by atoms with Crippen LogP contribution in [0, 0.1) is 17.0 Å². The van der Waals surface area contributed by atoms with Crippen molar-refractivity contribution in [3.63, 3.8) is 0 Å². The van der Waals surface area contributed by atoms with Gasteiger partial charge < -0.3 is 0 Å². The molecule has 1 aliphatic carbocycles. The molecule has 0 heterocycles. The van der Waals surface area contributed by atoms with Crippen molar-refractivity contribution in [3.05, 3.63) is 38.9 Å². The number of hydrogen-bond donors (Lipinski definition) is 1. The summed E-state index contributed by atoms with van der Waals surface area (Å²) >= 11 is 5.44. The number of aryl methyl sites for hydroxylation is 1. The van der Waals surface area contributed by atoms with Gasteiger partial charge in [-0.15, -0.1) is 0 Å². The van der Waals surface area contributed by atoms with Gasteiger partial charge in [-0.2, -0.15) is 0 Å². The summed E-state index contributed by atoms with van der Waals surface area (Å²) in [5.74, 6) is 0. The van der Waals surface area contributed by atoms with Gasteiger partial charge in [-0.05, 0) is 43.0 Å². The molecular weight excluding hydrogens is 330 g/mol. The maximum absolute atomic E-state index is 11.9. The van der Waals surface area contributed by atoms with Gasteiger partial charge in [-0.1, -0.05) is 19.3 Å². The number of nitro groups is 1. The predicted molar refractivity (Wildman–Crippen MR) is 83.1 cm³/mol. The van der Waals surface area contributed by atoms with Crippen LogP contribution in [0.15, 0.2) is 12.1 Å². The first-order chi connectivity index (χ1) is 10.3. The Morgan fingerprint density at radius 1 is 1.27 bits per heavy atom.